The SMILES string of the molecule is COc1cccc(Sc2ccccc2-c2ccccc2Sc2ccccc2)c1. The van der Waals surface area contributed by atoms with Crippen molar-refractivity contribution in [3.05, 3.63) is 103 Å². The third-order valence-electron chi connectivity index (χ3n) is 4.30. The van der Waals surface area contributed by atoms with Crippen molar-refractivity contribution in [3.63, 3.8) is 0 Å². The number of hydrogen-bond donors (Lipinski definition) is 0. The lowest BCUT2D eigenvalue weighted by Gasteiger charge is -2.14. The van der Waals surface area contributed by atoms with Gasteiger partial charge in [0.15, 0.2) is 0 Å². The Kier molecular flexibility index (Phi) is 6.05. The van der Waals surface area contributed by atoms with E-state index in [1.807, 2.05) is 12.1 Å². The molecule has 0 N–H and O–H groups in total. The third-order valence-corrected chi connectivity index (χ3v) is 6.45. The molecule has 0 aliphatic heterocycles. The molecule has 4 aromatic rings. The van der Waals surface area contributed by atoms with Gasteiger partial charge in [-0.3, -0.25) is 0 Å². The van der Waals surface area contributed by atoms with Crippen LogP contribution in [0.15, 0.2) is 123 Å². The van der Waals surface area contributed by atoms with E-state index in [1.165, 1.54) is 30.7 Å². The van der Waals surface area contributed by atoms with Crippen LogP contribution in [0.25, 0.3) is 11.1 Å². The van der Waals surface area contributed by atoms with Crippen LogP contribution >= 0.6 is 23.5 Å². The van der Waals surface area contributed by atoms with Gasteiger partial charge >= 0.3 is 0 Å². The van der Waals surface area contributed by atoms with E-state index in [0.29, 0.717) is 0 Å². The fraction of sp³-hybridized carbons (Fsp3) is 0.0400. The van der Waals surface area contributed by atoms with Crippen molar-refractivity contribution < 1.29 is 4.74 Å². The second-order valence-electron chi connectivity index (χ2n) is 6.19. The van der Waals surface area contributed by atoms with E-state index in [4.69, 9.17) is 4.74 Å². The van der Waals surface area contributed by atoms with Crippen LogP contribution in [0.5, 0.6) is 5.75 Å². The van der Waals surface area contributed by atoms with Crippen LogP contribution in [0.2, 0.25) is 0 Å². The molecule has 0 unspecified atom stereocenters. The number of ether oxygens (including phenoxy) is 1. The maximum Gasteiger partial charge on any atom is 0.119 e. The molecule has 0 aliphatic carbocycles. The van der Waals surface area contributed by atoms with Crippen molar-refractivity contribution in [2.45, 2.75) is 19.6 Å². The summed E-state index contributed by atoms with van der Waals surface area (Å²) in [6.07, 6.45) is 0. The largest absolute Gasteiger partial charge is 0.497 e. The first-order chi connectivity index (χ1) is 13.8. The van der Waals surface area contributed by atoms with Gasteiger partial charge in [-0.05, 0) is 53.6 Å². The monoisotopic (exact) mass is 400 g/mol. The zero-order valence-electron chi connectivity index (χ0n) is 15.5. The van der Waals surface area contributed by atoms with E-state index >= 15 is 0 Å². The van der Waals surface area contributed by atoms with Crippen LogP contribution in [0, 0.1) is 0 Å². The van der Waals surface area contributed by atoms with Gasteiger partial charge in [-0.1, -0.05) is 84.2 Å². The highest BCUT2D eigenvalue weighted by Crippen LogP contribution is 2.41. The molecule has 4 aromatic carbocycles. The molecule has 0 saturated carbocycles. The summed E-state index contributed by atoms with van der Waals surface area (Å²) in [4.78, 5) is 4.90. The standard InChI is InChI=1S/C25H20OS2/c1-26-19-10-9-13-21(18-19)28-25-17-8-6-15-23(25)22-14-5-7-16-24(22)27-20-11-3-2-4-12-20/h2-18H,1H3. The summed E-state index contributed by atoms with van der Waals surface area (Å²) in [7, 11) is 1.70. The van der Waals surface area contributed by atoms with E-state index in [-0.39, 0.29) is 0 Å². The van der Waals surface area contributed by atoms with Crippen LogP contribution in [0.3, 0.4) is 0 Å². The van der Waals surface area contributed by atoms with Gasteiger partial charge in [-0.25, -0.2) is 0 Å². The molecule has 0 amide bonds. The van der Waals surface area contributed by atoms with Crippen LogP contribution < -0.4 is 4.74 Å². The summed E-state index contributed by atoms with van der Waals surface area (Å²) in [6.45, 7) is 0. The average Bonchev–Trinajstić information content (AvgIpc) is 2.76. The van der Waals surface area contributed by atoms with Crippen LogP contribution in [0.1, 0.15) is 0 Å². The Morgan fingerprint density at radius 1 is 0.536 bits per heavy atom. The summed E-state index contributed by atoms with van der Waals surface area (Å²) in [5.74, 6) is 0.877. The van der Waals surface area contributed by atoms with Crippen LogP contribution in [-0.4, -0.2) is 7.11 Å². The fourth-order valence-corrected chi connectivity index (χ4v) is 4.96. The van der Waals surface area contributed by atoms with Gasteiger partial charge in [-0.2, -0.15) is 0 Å². The fourth-order valence-electron chi connectivity index (χ4n) is 2.96. The average molecular weight is 401 g/mol. The highest BCUT2D eigenvalue weighted by atomic mass is 32.2. The van der Waals surface area contributed by atoms with Gasteiger partial charge in [0.05, 0.1) is 7.11 Å². The van der Waals surface area contributed by atoms with Crippen LogP contribution in [-0.2, 0) is 0 Å². The molecule has 28 heavy (non-hydrogen) atoms. The molecule has 0 spiro atoms. The van der Waals surface area contributed by atoms with E-state index in [9.17, 15) is 0 Å². The first-order valence-corrected chi connectivity index (χ1v) is 10.7. The van der Waals surface area contributed by atoms with Crippen molar-refractivity contribution in [3.8, 4) is 16.9 Å². The first kappa shape index (κ1) is 18.7. The summed E-state index contributed by atoms with van der Waals surface area (Å²) in [5.41, 5.74) is 2.50. The maximum atomic E-state index is 5.38. The van der Waals surface area contributed by atoms with Gasteiger partial charge in [0, 0.05) is 19.6 Å². The van der Waals surface area contributed by atoms with Crippen molar-refractivity contribution >= 4 is 23.5 Å². The third kappa shape index (κ3) is 4.44. The first-order valence-electron chi connectivity index (χ1n) is 9.07. The maximum absolute atomic E-state index is 5.38. The molecule has 0 radical (unpaired) electrons. The van der Waals surface area contributed by atoms with Gasteiger partial charge in [-0.15, -0.1) is 0 Å². The molecule has 0 fully saturated rings. The molecular formula is C25H20OS2. The number of hydrogen-bond acceptors (Lipinski definition) is 3. The van der Waals surface area contributed by atoms with E-state index in [1.54, 1.807) is 30.6 Å². The van der Waals surface area contributed by atoms with Gasteiger partial charge in [0.2, 0.25) is 0 Å². The smallest absolute Gasteiger partial charge is 0.119 e. The molecule has 0 heterocycles. The highest BCUT2D eigenvalue weighted by Gasteiger charge is 2.11. The number of methoxy groups -OCH3 is 1. The highest BCUT2D eigenvalue weighted by molar-refractivity contribution is 8.00. The lowest BCUT2D eigenvalue weighted by molar-refractivity contribution is 0.413. The van der Waals surface area contributed by atoms with Crippen molar-refractivity contribution in [1.82, 2.24) is 0 Å². The lowest BCUT2D eigenvalue weighted by atomic mass is 10.1. The molecule has 0 atom stereocenters. The minimum absolute atomic E-state index is 0.877. The van der Waals surface area contributed by atoms with E-state index in [2.05, 4.69) is 91.0 Å². The minimum atomic E-state index is 0.877. The number of rotatable bonds is 6. The second kappa shape index (κ2) is 9.05. The molecular weight excluding hydrogens is 380 g/mol. The Labute approximate surface area is 174 Å². The zero-order chi connectivity index (χ0) is 19.2. The molecule has 1 nitrogen and oxygen atoms in total. The molecule has 0 aliphatic rings. The Morgan fingerprint density at radius 3 is 1.71 bits per heavy atom. The van der Waals surface area contributed by atoms with E-state index < -0.39 is 0 Å². The molecule has 3 heteroatoms. The zero-order valence-corrected chi connectivity index (χ0v) is 17.2. The molecule has 138 valence electrons. The topological polar surface area (TPSA) is 9.23 Å². The summed E-state index contributed by atoms with van der Waals surface area (Å²) in [5, 5.41) is 0. The van der Waals surface area contributed by atoms with Gasteiger partial charge < -0.3 is 4.74 Å². The quantitative estimate of drug-likeness (QED) is 0.329. The summed E-state index contributed by atoms with van der Waals surface area (Å²) < 4.78 is 5.38. The predicted octanol–water partition coefficient (Wildman–Crippen LogP) is 7.66. The normalized spacial score (nSPS) is 10.6. The Morgan fingerprint density at radius 2 is 1.07 bits per heavy atom. The van der Waals surface area contributed by atoms with E-state index in [0.717, 1.165) is 5.75 Å². The second-order valence-corrected chi connectivity index (χ2v) is 8.42. The van der Waals surface area contributed by atoms with Crippen molar-refractivity contribution in [2.24, 2.45) is 0 Å². The lowest BCUT2D eigenvalue weighted by Crippen LogP contribution is -1.87. The molecule has 0 saturated heterocycles. The number of benzene rings is 4. The molecule has 4 rings (SSSR count). The van der Waals surface area contributed by atoms with Crippen molar-refractivity contribution in [1.29, 1.82) is 0 Å². The Balaban J connectivity index is 1.71. The van der Waals surface area contributed by atoms with Gasteiger partial charge in [0.1, 0.15) is 5.75 Å². The van der Waals surface area contributed by atoms with Crippen molar-refractivity contribution in [2.75, 3.05) is 7.11 Å². The van der Waals surface area contributed by atoms with Gasteiger partial charge in [0.25, 0.3) is 0 Å². The Hall–Kier alpha value is -2.62. The minimum Gasteiger partial charge on any atom is -0.497 e. The molecule has 0 bridgehead atoms. The summed E-state index contributed by atoms with van der Waals surface area (Å²) >= 11 is 3.57. The van der Waals surface area contributed by atoms with Crippen LogP contribution in [0.4, 0.5) is 0 Å². The molecule has 0 aromatic heterocycles. The summed E-state index contributed by atoms with van der Waals surface area (Å²) in [6, 6.07) is 35.9. The predicted molar refractivity (Wildman–Crippen MR) is 120 cm³/mol. The Bertz CT molecular complexity index is 1060.